The molecular formula is C15H23Cl2F3N2O. The number of nitrogens with zero attached hydrogens (tertiary/aromatic N) is 1. The number of alkyl halides is 3. The van der Waals surface area contributed by atoms with Crippen LogP contribution in [0.15, 0.2) is 18.2 Å². The lowest BCUT2D eigenvalue weighted by atomic mass is 9.98. The van der Waals surface area contributed by atoms with Gasteiger partial charge in [0.15, 0.2) is 0 Å². The summed E-state index contributed by atoms with van der Waals surface area (Å²) in [5.74, 6) is 0.699. The van der Waals surface area contributed by atoms with Gasteiger partial charge in [-0.1, -0.05) is 12.1 Å². The van der Waals surface area contributed by atoms with Crippen molar-refractivity contribution in [1.29, 1.82) is 0 Å². The third kappa shape index (κ3) is 6.37. The highest BCUT2D eigenvalue weighted by Gasteiger charge is 2.36. The summed E-state index contributed by atoms with van der Waals surface area (Å²) in [4.78, 5) is 1.91. The molecule has 2 rings (SSSR count). The molecule has 0 aromatic heterocycles. The molecule has 1 aliphatic rings. The van der Waals surface area contributed by atoms with Crippen molar-refractivity contribution in [2.24, 2.45) is 0 Å². The highest BCUT2D eigenvalue weighted by atomic mass is 35.5. The number of piperazine rings is 1. The van der Waals surface area contributed by atoms with E-state index < -0.39 is 18.6 Å². The van der Waals surface area contributed by atoms with Gasteiger partial charge in [0.05, 0.1) is 13.5 Å². The molecule has 0 unspecified atom stereocenters. The van der Waals surface area contributed by atoms with Gasteiger partial charge in [-0.15, -0.1) is 24.8 Å². The minimum Gasteiger partial charge on any atom is -0.496 e. The Labute approximate surface area is 147 Å². The molecule has 1 heterocycles. The summed E-state index contributed by atoms with van der Waals surface area (Å²) >= 11 is 0. The summed E-state index contributed by atoms with van der Waals surface area (Å²) < 4.78 is 44.0. The highest BCUT2D eigenvalue weighted by Crippen LogP contribution is 2.35. The van der Waals surface area contributed by atoms with Crippen molar-refractivity contribution >= 4 is 24.8 Å². The second-order valence-electron chi connectivity index (χ2n) is 5.35. The third-order valence-corrected chi connectivity index (χ3v) is 3.82. The average Bonchev–Trinajstić information content (AvgIpc) is 2.45. The summed E-state index contributed by atoms with van der Waals surface area (Å²) in [6, 6.07) is 4.66. The van der Waals surface area contributed by atoms with E-state index in [1.165, 1.54) is 0 Å². The zero-order chi connectivity index (χ0) is 15.5. The van der Waals surface area contributed by atoms with Crippen LogP contribution in [0.5, 0.6) is 5.75 Å². The Hall–Kier alpha value is -0.690. The van der Waals surface area contributed by atoms with Crippen LogP contribution in [0.2, 0.25) is 0 Å². The van der Waals surface area contributed by atoms with Crippen LogP contribution >= 0.6 is 24.8 Å². The van der Waals surface area contributed by atoms with Crippen LogP contribution in [-0.4, -0.2) is 44.4 Å². The van der Waals surface area contributed by atoms with Gasteiger partial charge in [0.2, 0.25) is 0 Å². The van der Waals surface area contributed by atoms with Gasteiger partial charge >= 0.3 is 6.18 Å². The SMILES string of the molecule is COc1ccc([C@H](CC(F)(F)F)N2CCNCC2)cc1C.Cl.Cl. The Morgan fingerprint density at radius 3 is 2.30 bits per heavy atom. The van der Waals surface area contributed by atoms with Crippen molar-refractivity contribution in [3.8, 4) is 5.75 Å². The Bertz CT molecular complexity index is 480. The van der Waals surface area contributed by atoms with E-state index in [-0.39, 0.29) is 24.8 Å². The Kier molecular flexibility index (Phi) is 9.28. The minimum atomic E-state index is -4.18. The lowest BCUT2D eigenvalue weighted by Crippen LogP contribution is -2.46. The normalized spacial score (nSPS) is 16.9. The summed E-state index contributed by atoms with van der Waals surface area (Å²) in [6.07, 6.45) is -5.00. The van der Waals surface area contributed by atoms with E-state index in [9.17, 15) is 13.2 Å². The molecule has 0 radical (unpaired) electrons. The first kappa shape index (κ1) is 22.3. The summed E-state index contributed by atoms with van der Waals surface area (Å²) in [7, 11) is 1.56. The zero-order valence-electron chi connectivity index (χ0n) is 13.2. The molecule has 1 N–H and O–H groups in total. The van der Waals surface area contributed by atoms with E-state index in [1.807, 2.05) is 11.8 Å². The maximum Gasteiger partial charge on any atom is 0.390 e. The maximum atomic E-state index is 12.9. The molecule has 3 nitrogen and oxygen atoms in total. The number of methoxy groups -OCH3 is 1. The Balaban J connectivity index is 0.00000242. The summed E-state index contributed by atoms with van der Waals surface area (Å²) in [5, 5.41) is 3.17. The fourth-order valence-corrected chi connectivity index (χ4v) is 2.78. The molecule has 1 atom stereocenters. The van der Waals surface area contributed by atoms with E-state index in [0.717, 1.165) is 18.7 Å². The first-order valence-corrected chi connectivity index (χ1v) is 7.07. The number of halogens is 5. The van der Waals surface area contributed by atoms with Crippen LogP contribution in [0.1, 0.15) is 23.6 Å². The summed E-state index contributed by atoms with van der Waals surface area (Å²) in [5.41, 5.74) is 1.56. The number of nitrogens with one attached hydrogen (secondary N) is 1. The van der Waals surface area contributed by atoms with Gasteiger partial charge < -0.3 is 10.1 Å². The first-order chi connectivity index (χ1) is 9.90. The van der Waals surface area contributed by atoms with E-state index in [2.05, 4.69) is 5.32 Å². The lowest BCUT2D eigenvalue weighted by Gasteiger charge is -2.35. The molecule has 0 amide bonds. The number of benzene rings is 1. The molecule has 23 heavy (non-hydrogen) atoms. The lowest BCUT2D eigenvalue weighted by molar-refractivity contribution is -0.148. The van der Waals surface area contributed by atoms with Crippen molar-refractivity contribution in [1.82, 2.24) is 10.2 Å². The second-order valence-corrected chi connectivity index (χ2v) is 5.35. The van der Waals surface area contributed by atoms with Gasteiger partial charge in [-0.2, -0.15) is 13.2 Å². The zero-order valence-corrected chi connectivity index (χ0v) is 14.8. The molecule has 0 aliphatic carbocycles. The van der Waals surface area contributed by atoms with Crippen LogP contribution in [0.4, 0.5) is 13.2 Å². The molecule has 134 valence electrons. The Morgan fingerprint density at radius 1 is 1.22 bits per heavy atom. The number of hydrogen-bond donors (Lipinski definition) is 1. The van der Waals surface area contributed by atoms with Crippen LogP contribution < -0.4 is 10.1 Å². The number of aryl methyl sites for hydroxylation is 1. The van der Waals surface area contributed by atoms with Crippen molar-refractivity contribution in [3.05, 3.63) is 29.3 Å². The molecule has 1 aromatic carbocycles. The van der Waals surface area contributed by atoms with E-state index in [0.29, 0.717) is 24.4 Å². The number of hydrogen-bond acceptors (Lipinski definition) is 3. The molecule has 1 aromatic rings. The predicted molar refractivity (Wildman–Crippen MR) is 90.1 cm³/mol. The van der Waals surface area contributed by atoms with Crippen molar-refractivity contribution in [2.45, 2.75) is 25.6 Å². The van der Waals surface area contributed by atoms with Gasteiger partial charge in [0.25, 0.3) is 0 Å². The Morgan fingerprint density at radius 2 is 1.83 bits per heavy atom. The molecule has 0 spiro atoms. The molecule has 1 aliphatic heterocycles. The fraction of sp³-hybridized carbons (Fsp3) is 0.600. The quantitative estimate of drug-likeness (QED) is 0.868. The third-order valence-electron chi connectivity index (χ3n) is 3.82. The molecular weight excluding hydrogens is 352 g/mol. The highest BCUT2D eigenvalue weighted by molar-refractivity contribution is 5.85. The first-order valence-electron chi connectivity index (χ1n) is 7.07. The minimum absolute atomic E-state index is 0. The maximum absolute atomic E-state index is 12.9. The summed E-state index contributed by atoms with van der Waals surface area (Å²) in [6.45, 7) is 4.56. The molecule has 1 fully saturated rings. The fourth-order valence-electron chi connectivity index (χ4n) is 2.78. The van der Waals surface area contributed by atoms with Crippen molar-refractivity contribution < 1.29 is 17.9 Å². The molecule has 1 saturated heterocycles. The predicted octanol–water partition coefficient (Wildman–Crippen LogP) is 3.75. The van der Waals surface area contributed by atoms with Gasteiger partial charge in [0.1, 0.15) is 5.75 Å². The smallest absolute Gasteiger partial charge is 0.390 e. The van der Waals surface area contributed by atoms with Crippen molar-refractivity contribution in [3.63, 3.8) is 0 Å². The second kappa shape index (κ2) is 9.57. The van der Waals surface area contributed by atoms with Gasteiger partial charge in [-0.05, 0) is 24.1 Å². The largest absolute Gasteiger partial charge is 0.496 e. The monoisotopic (exact) mass is 374 g/mol. The number of rotatable bonds is 4. The topological polar surface area (TPSA) is 24.5 Å². The van der Waals surface area contributed by atoms with Crippen LogP contribution in [0.3, 0.4) is 0 Å². The molecule has 0 saturated carbocycles. The van der Waals surface area contributed by atoms with E-state index >= 15 is 0 Å². The van der Waals surface area contributed by atoms with Gasteiger partial charge in [-0.25, -0.2) is 0 Å². The molecule has 0 bridgehead atoms. The van der Waals surface area contributed by atoms with Crippen LogP contribution in [-0.2, 0) is 0 Å². The van der Waals surface area contributed by atoms with Crippen LogP contribution in [0, 0.1) is 6.92 Å². The van der Waals surface area contributed by atoms with Crippen molar-refractivity contribution in [2.75, 3.05) is 33.3 Å². The average molecular weight is 375 g/mol. The van der Waals surface area contributed by atoms with Gasteiger partial charge in [-0.3, -0.25) is 4.90 Å². The number of ether oxygens (including phenoxy) is 1. The standard InChI is InChI=1S/C15H21F3N2O.2ClH/c1-11-9-12(3-4-14(11)21-2)13(10-15(16,17)18)20-7-5-19-6-8-20;;/h3-4,9,13,19H,5-8,10H2,1-2H3;2*1H/t13-;;/m0../s1. The van der Waals surface area contributed by atoms with E-state index in [1.54, 1.807) is 25.3 Å². The van der Waals surface area contributed by atoms with Crippen LogP contribution in [0.25, 0.3) is 0 Å². The van der Waals surface area contributed by atoms with Gasteiger partial charge in [0, 0.05) is 32.2 Å². The molecule has 8 heteroatoms. The van der Waals surface area contributed by atoms with E-state index in [4.69, 9.17) is 4.74 Å².